The van der Waals surface area contributed by atoms with Crippen molar-refractivity contribution in [3.8, 4) is 0 Å². The van der Waals surface area contributed by atoms with Gasteiger partial charge in [-0.3, -0.25) is 4.79 Å². The molecule has 2 heterocycles. The highest BCUT2D eigenvalue weighted by Gasteiger charge is 2.13. The van der Waals surface area contributed by atoms with E-state index in [9.17, 15) is 4.79 Å². The van der Waals surface area contributed by atoms with Gasteiger partial charge in [-0.25, -0.2) is 9.97 Å². The lowest BCUT2D eigenvalue weighted by Crippen LogP contribution is -2.36. The van der Waals surface area contributed by atoms with Crippen LogP contribution in [0.5, 0.6) is 0 Å². The number of nitrogens with zero attached hydrogens (tertiary/aromatic N) is 3. The van der Waals surface area contributed by atoms with Gasteiger partial charge in [0.25, 0.3) is 5.91 Å². The number of nitrogens with two attached hydrogens (primary N) is 1. The van der Waals surface area contributed by atoms with Crippen molar-refractivity contribution in [3.63, 3.8) is 0 Å². The number of morpholine rings is 1. The maximum Gasteiger partial charge on any atom is 0.286 e. The summed E-state index contributed by atoms with van der Waals surface area (Å²) in [6, 6.07) is 16.4. The molecule has 0 unspecified atom stereocenters. The second-order valence-corrected chi connectivity index (χ2v) is 5.97. The van der Waals surface area contributed by atoms with Crippen LogP contribution in [0, 0.1) is 6.07 Å². The lowest BCUT2D eigenvalue weighted by molar-refractivity contribution is 0.0991. The molecule has 4 rings (SSSR count). The third kappa shape index (κ3) is 3.29. The van der Waals surface area contributed by atoms with E-state index >= 15 is 0 Å². The fraction of sp³-hybridized carbons (Fsp3) is 0.211. The minimum atomic E-state index is -0.662. The third-order valence-electron chi connectivity index (χ3n) is 4.27. The average Bonchev–Trinajstić information content (AvgIpc) is 2.69. The van der Waals surface area contributed by atoms with Crippen LogP contribution in [0.4, 0.5) is 17.2 Å². The molecule has 1 amide bonds. The van der Waals surface area contributed by atoms with E-state index in [0.29, 0.717) is 11.3 Å². The van der Waals surface area contributed by atoms with Gasteiger partial charge in [0.1, 0.15) is 5.82 Å². The largest absolute Gasteiger partial charge is 0.378 e. The zero-order chi connectivity index (χ0) is 17.9. The van der Waals surface area contributed by atoms with Crippen molar-refractivity contribution in [1.82, 2.24) is 9.97 Å². The number of fused-ring (bicyclic) bond motifs is 1. The van der Waals surface area contributed by atoms with Crippen LogP contribution in [-0.4, -0.2) is 42.2 Å². The molecular weight excluding hydrogens is 330 g/mol. The smallest absolute Gasteiger partial charge is 0.286 e. The predicted octanol–water partition coefficient (Wildman–Crippen LogP) is 2.11. The summed E-state index contributed by atoms with van der Waals surface area (Å²) >= 11 is 0. The second-order valence-electron chi connectivity index (χ2n) is 5.97. The summed E-state index contributed by atoms with van der Waals surface area (Å²) < 4.78 is 5.39. The highest BCUT2D eigenvalue weighted by atomic mass is 16.5. The number of amides is 1. The molecule has 3 N–H and O–H groups in total. The number of carbonyl (C=O) groups excluding carboxylic acids is 1. The molecule has 7 heteroatoms. The highest BCUT2D eigenvalue weighted by molar-refractivity contribution is 5.96. The van der Waals surface area contributed by atoms with E-state index in [0.717, 1.165) is 43.1 Å². The first-order chi connectivity index (χ1) is 12.7. The Labute approximate surface area is 150 Å². The van der Waals surface area contributed by atoms with Gasteiger partial charge >= 0.3 is 0 Å². The molecule has 0 bridgehead atoms. The SMILES string of the molecule is NC(=O)c1nc(Nc2ccc(N3CCOCC3)cc2)c2c[c]ccc2n1. The van der Waals surface area contributed by atoms with Crippen LogP contribution in [0.3, 0.4) is 0 Å². The zero-order valence-electron chi connectivity index (χ0n) is 14.1. The molecular formula is C19H18N5O2. The molecule has 7 nitrogen and oxygen atoms in total. The molecule has 1 aliphatic heterocycles. The number of nitrogens with one attached hydrogen (secondary N) is 1. The van der Waals surface area contributed by atoms with Gasteiger partial charge in [-0.2, -0.15) is 0 Å². The number of carbonyl (C=O) groups is 1. The molecule has 131 valence electrons. The number of anilines is 3. The van der Waals surface area contributed by atoms with Crippen LogP contribution in [0.2, 0.25) is 0 Å². The molecule has 1 aromatic heterocycles. The second kappa shape index (κ2) is 6.97. The maximum atomic E-state index is 11.5. The van der Waals surface area contributed by atoms with Crippen LogP contribution in [0.25, 0.3) is 10.9 Å². The molecule has 0 atom stereocenters. The minimum absolute atomic E-state index is 0.0175. The Bertz CT molecular complexity index is 936. The number of rotatable bonds is 4. The number of hydrogen-bond donors (Lipinski definition) is 2. The Morgan fingerprint density at radius 3 is 2.65 bits per heavy atom. The quantitative estimate of drug-likeness (QED) is 0.750. The first-order valence-corrected chi connectivity index (χ1v) is 8.38. The average molecular weight is 348 g/mol. The number of ether oxygens (including phenoxy) is 1. The Morgan fingerprint density at radius 2 is 1.92 bits per heavy atom. The summed E-state index contributed by atoms with van der Waals surface area (Å²) in [6.45, 7) is 3.28. The van der Waals surface area contributed by atoms with Crippen molar-refractivity contribution >= 4 is 34.0 Å². The van der Waals surface area contributed by atoms with E-state index in [1.54, 1.807) is 18.2 Å². The summed E-state index contributed by atoms with van der Waals surface area (Å²) in [5, 5.41) is 4.02. The topological polar surface area (TPSA) is 93.4 Å². The van der Waals surface area contributed by atoms with Crippen molar-refractivity contribution in [3.05, 3.63) is 54.4 Å². The Hall–Kier alpha value is -3.19. The molecule has 1 radical (unpaired) electrons. The summed E-state index contributed by atoms with van der Waals surface area (Å²) in [6.07, 6.45) is 0. The van der Waals surface area contributed by atoms with Crippen molar-refractivity contribution in [2.24, 2.45) is 5.73 Å². The Morgan fingerprint density at radius 1 is 1.15 bits per heavy atom. The Balaban J connectivity index is 1.63. The van der Waals surface area contributed by atoms with Gasteiger partial charge in [0.05, 0.1) is 18.7 Å². The van der Waals surface area contributed by atoms with Gasteiger partial charge < -0.3 is 20.7 Å². The minimum Gasteiger partial charge on any atom is -0.378 e. The van der Waals surface area contributed by atoms with Gasteiger partial charge in [-0.05, 0) is 42.5 Å². The highest BCUT2D eigenvalue weighted by Crippen LogP contribution is 2.25. The van der Waals surface area contributed by atoms with E-state index in [4.69, 9.17) is 10.5 Å². The molecule has 1 fully saturated rings. The van der Waals surface area contributed by atoms with Gasteiger partial charge in [0, 0.05) is 29.9 Å². The third-order valence-corrected chi connectivity index (χ3v) is 4.27. The van der Waals surface area contributed by atoms with Crippen molar-refractivity contribution < 1.29 is 9.53 Å². The van der Waals surface area contributed by atoms with Crippen molar-refractivity contribution in [1.29, 1.82) is 0 Å². The fourth-order valence-electron chi connectivity index (χ4n) is 2.93. The number of aromatic nitrogens is 2. The first kappa shape index (κ1) is 16.3. The van der Waals surface area contributed by atoms with Crippen molar-refractivity contribution in [2.75, 3.05) is 36.5 Å². The number of hydrogen-bond acceptors (Lipinski definition) is 6. The first-order valence-electron chi connectivity index (χ1n) is 8.38. The predicted molar refractivity (Wildman–Crippen MR) is 99.6 cm³/mol. The van der Waals surface area contributed by atoms with Gasteiger partial charge in [-0.15, -0.1) is 0 Å². The van der Waals surface area contributed by atoms with Crippen LogP contribution >= 0.6 is 0 Å². The maximum absolute atomic E-state index is 11.5. The standard InChI is InChI=1S/C19H18N5O2/c20-17(25)19-22-16-4-2-1-3-15(16)18(23-19)21-13-5-7-14(8-6-13)24-9-11-26-12-10-24/h2-8H,9-12H2,(H2,20,25)(H,21,22,23). The van der Waals surface area contributed by atoms with E-state index in [1.165, 1.54) is 0 Å². The fourth-order valence-corrected chi connectivity index (χ4v) is 2.93. The summed E-state index contributed by atoms with van der Waals surface area (Å²) in [5.74, 6) is -0.152. The van der Waals surface area contributed by atoms with Crippen LogP contribution in [0.15, 0.2) is 42.5 Å². The van der Waals surface area contributed by atoms with Gasteiger partial charge in [0.2, 0.25) is 5.82 Å². The number of benzene rings is 2. The monoisotopic (exact) mass is 348 g/mol. The van der Waals surface area contributed by atoms with E-state index in [-0.39, 0.29) is 5.82 Å². The summed E-state index contributed by atoms with van der Waals surface area (Å²) in [7, 11) is 0. The molecule has 1 aliphatic rings. The molecule has 2 aromatic carbocycles. The number of primary amides is 1. The summed E-state index contributed by atoms with van der Waals surface area (Å²) in [4.78, 5) is 22.3. The normalized spacial score (nSPS) is 14.4. The van der Waals surface area contributed by atoms with Crippen LogP contribution in [-0.2, 0) is 4.74 Å². The van der Waals surface area contributed by atoms with E-state index in [1.807, 2.05) is 12.1 Å². The van der Waals surface area contributed by atoms with E-state index < -0.39 is 5.91 Å². The van der Waals surface area contributed by atoms with Gasteiger partial charge in [-0.1, -0.05) is 6.07 Å². The molecule has 3 aromatic rings. The molecule has 0 saturated carbocycles. The van der Waals surface area contributed by atoms with E-state index in [2.05, 4.69) is 38.4 Å². The lowest BCUT2D eigenvalue weighted by Gasteiger charge is -2.28. The molecule has 0 aliphatic carbocycles. The molecule has 1 saturated heterocycles. The van der Waals surface area contributed by atoms with Crippen LogP contribution in [0.1, 0.15) is 10.6 Å². The Kier molecular flexibility index (Phi) is 4.37. The summed E-state index contributed by atoms with van der Waals surface area (Å²) in [5.41, 5.74) is 8.01. The van der Waals surface area contributed by atoms with Gasteiger partial charge in [0.15, 0.2) is 0 Å². The molecule has 0 spiro atoms. The lowest BCUT2D eigenvalue weighted by atomic mass is 10.2. The molecule has 26 heavy (non-hydrogen) atoms. The van der Waals surface area contributed by atoms with Crippen LogP contribution < -0.4 is 16.0 Å². The zero-order valence-corrected chi connectivity index (χ0v) is 14.1. The van der Waals surface area contributed by atoms with Crippen molar-refractivity contribution in [2.45, 2.75) is 0 Å².